The van der Waals surface area contributed by atoms with Gasteiger partial charge in [-0.25, -0.2) is 0 Å². The SMILES string of the molecule is CCCCCCCCCCCCCCO[C@H]1[C@@H](OC)O[C@H](CSCCN)[C@@H](O)[C@@H]1OCCCCCCCCCCCCCC. The van der Waals surface area contributed by atoms with E-state index < -0.39 is 24.6 Å². The molecule has 6 nitrogen and oxygen atoms in total. The summed E-state index contributed by atoms with van der Waals surface area (Å²) < 4.78 is 24.6. The van der Waals surface area contributed by atoms with Crippen LogP contribution >= 0.6 is 11.8 Å². The molecule has 0 radical (unpaired) electrons. The summed E-state index contributed by atoms with van der Waals surface area (Å²) in [6, 6.07) is 0. The molecule has 0 unspecified atom stereocenters. The van der Waals surface area contributed by atoms with Crippen LogP contribution in [-0.2, 0) is 18.9 Å². The third-order valence-corrected chi connectivity index (χ3v) is 10.1. The molecule has 1 heterocycles. The summed E-state index contributed by atoms with van der Waals surface area (Å²) in [5.74, 6) is 1.51. The minimum absolute atomic E-state index is 0.352. The van der Waals surface area contributed by atoms with Gasteiger partial charge in [0.25, 0.3) is 0 Å². The van der Waals surface area contributed by atoms with Crippen LogP contribution in [0.15, 0.2) is 0 Å². The molecule has 0 saturated carbocycles. The van der Waals surface area contributed by atoms with Gasteiger partial charge in [0.15, 0.2) is 6.29 Å². The molecule has 0 aromatic heterocycles. The molecule has 0 aliphatic carbocycles. The Kier molecular flexibility index (Phi) is 30.4. The molecular formula is C37H75NO5S. The van der Waals surface area contributed by atoms with Gasteiger partial charge in [-0.2, -0.15) is 11.8 Å². The number of methoxy groups -OCH3 is 1. The van der Waals surface area contributed by atoms with E-state index in [1.165, 1.54) is 141 Å². The van der Waals surface area contributed by atoms with Gasteiger partial charge < -0.3 is 29.8 Å². The largest absolute Gasteiger partial charge is 0.388 e. The molecule has 1 aliphatic heterocycles. The molecule has 1 rings (SSSR count). The average molecular weight is 646 g/mol. The molecule has 264 valence electrons. The maximum Gasteiger partial charge on any atom is 0.186 e. The van der Waals surface area contributed by atoms with Crippen LogP contribution in [0.1, 0.15) is 168 Å². The second-order valence-electron chi connectivity index (χ2n) is 13.1. The van der Waals surface area contributed by atoms with E-state index in [1.807, 2.05) is 0 Å². The Morgan fingerprint density at radius 2 is 0.977 bits per heavy atom. The number of thioether (sulfide) groups is 1. The first-order chi connectivity index (χ1) is 21.7. The van der Waals surface area contributed by atoms with Crippen LogP contribution in [0.25, 0.3) is 0 Å². The Labute approximate surface area is 278 Å². The summed E-state index contributed by atoms with van der Waals surface area (Å²) in [4.78, 5) is 0. The third kappa shape index (κ3) is 21.8. The van der Waals surface area contributed by atoms with Crippen molar-refractivity contribution in [3.63, 3.8) is 0 Å². The molecule has 0 aromatic rings. The van der Waals surface area contributed by atoms with Crippen molar-refractivity contribution in [2.45, 2.75) is 199 Å². The maximum absolute atomic E-state index is 11.3. The Morgan fingerprint density at radius 3 is 1.36 bits per heavy atom. The van der Waals surface area contributed by atoms with Crippen LogP contribution in [0.4, 0.5) is 0 Å². The first-order valence-electron chi connectivity index (χ1n) is 19.1. The number of rotatable bonds is 33. The molecular weight excluding hydrogens is 570 g/mol. The lowest BCUT2D eigenvalue weighted by atomic mass is 9.99. The highest BCUT2D eigenvalue weighted by Crippen LogP contribution is 2.29. The van der Waals surface area contributed by atoms with E-state index in [0.717, 1.165) is 18.6 Å². The van der Waals surface area contributed by atoms with E-state index in [0.29, 0.717) is 25.5 Å². The summed E-state index contributed by atoms with van der Waals surface area (Å²) in [7, 11) is 1.66. The van der Waals surface area contributed by atoms with E-state index in [-0.39, 0.29) is 6.10 Å². The number of aliphatic hydroxyl groups excluding tert-OH is 1. The summed E-state index contributed by atoms with van der Waals surface area (Å²) in [5.41, 5.74) is 5.69. The fraction of sp³-hybridized carbons (Fsp3) is 1.00. The van der Waals surface area contributed by atoms with Crippen molar-refractivity contribution < 1.29 is 24.1 Å². The van der Waals surface area contributed by atoms with Crippen molar-refractivity contribution in [1.82, 2.24) is 0 Å². The molecule has 1 aliphatic rings. The van der Waals surface area contributed by atoms with Crippen LogP contribution < -0.4 is 5.73 Å². The minimum atomic E-state index is -0.740. The van der Waals surface area contributed by atoms with Gasteiger partial charge >= 0.3 is 0 Å². The number of hydrogen-bond acceptors (Lipinski definition) is 7. The van der Waals surface area contributed by atoms with Gasteiger partial charge in [-0.1, -0.05) is 155 Å². The zero-order valence-electron chi connectivity index (χ0n) is 29.5. The van der Waals surface area contributed by atoms with Crippen molar-refractivity contribution in [1.29, 1.82) is 0 Å². The molecule has 0 amide bonds. The standard InChI is InChI=1S/C37H75NO5S/c1-4-6-8-10-12-14-16-18-20-22-24-26-29-41-35-34(39)33(32-44-31-28-38)43-37(40-3)36(35)42-30-27-25-23-21-19-17-15-13-11-9-7-5-2/h33-37,39H,4-32,38H2,1-3H3/t33-,34-,35+,36-,37+/m1/s1. The first-order valence-corrected chi connectivity index (χ1v) is 20.2. The number of nitrogens with two attached hydrogens (primary N) is 1. The van der Waals surface area contributed by atoms with Crippen molar-refractivity contribution in [3.8, 4) is 0 Å². The fourth-order valence-corrected chi connectivity index (χ4v) is 7.03. The number of ether oxygens (including phenoxy) is 4. The molecule has 3 N–H and O–H groups in total. The second kappa shape index (κ2) is 31.7. The van der Waals surface area contributed by atoms with Crippen LogP contribution in [0, 0.1) is 0 Å². The minimum Gasteiger partial charge on any atom is -0.388 e. The summed E-state index contributed by atoms with van der Waals surface area (Å²) >= 11 is 1.70. The predicted octanol–water partition coefficient (Wildman–Crippen LogP) is 9.58. The van der Waals surface area contributed by atoms with Crippen molar-refractivity contribution >= 4 is 11.8 Å². The van der Waals surface area contributed by atoms with Gasteiger partial charge in [0, 0.05) is 38.4 Å². The summed E-state index contributed by atoms with van der Waals surface area (Å²) in [6.45, 7) is 6.45. The highest BCUT2D eigenvalue weighted by atomic mass is 32.2. The molecule has 0 aromatic carbocycles. The zero-order chi connectivity index (χ0) is 31.9. The summed E-state index contributed by atoms with van der Waals surface area (Å²) in [6.07, 6.45) is 29.1. The molecule has 1 saturated heterocycles. The molecule has 0 spiro atoms. The van der Waals surface area contributed by atoms with Crippen molar-refractivity contribution in [3.05, 3.63) is 0 Å². The molecule has 5 atom stereocenters. The number of hydrogen-bond donors (Lipinski definition) is 2. The van der Waals surface area contributed by atoms with E-state index in [4.69, 9.17) is 24.7 Å². The van der Waals surface area contributed by atoms with E-state index in [9.17, 15) is 5.11 Å². The average Bonchev–Trinajstić information content (AvgIpc) is 3.03. The predicted molar refractivity (Wildman–Crippen MR) is 190 cm³/mol. The van der Waals surface area contributed by atoms with Gasteiger partial charge in [-0.3, -0.25) is 0 Å². The monoisotopic (exact) mass is 646 g/mol. The van der Waals surface area contributed by atoms with Gasteiger partial charge in [0.05, 0.1) is 6.10 Å². The number of unbranched alkanes of at least 4 members (excludes halogenated alkanes) is 22. The van der Waals surface area contributed by atoms with Crippen LogP contribution in [0.5, 0.6) is 0 Å². The van der Waals surface area contributed by atoms with Crippen LogP contribution in [0.2, 0.25) is 0 Å². The Balaban J connectivity index is 2.34. The second-order valence-corrected chi connectivity index (χ2v) is 14.2. The van der Waals surface area contributed by atoms with Crippen LogP contribution in [0.3, 0.4) is 0 Å². The van der Waals surface area contributed by atoms with E-state index >= 15 is 0 Å². The van der Waals surface area contributed by atoms with Crippen LogP contribution in [-0.4, -0.2) is 74.2 Å². The van der Waals surface area contributed by atoms with E-state index in [1.54, 1.807) is 18.9 Å². The Morgan fingerprint density at radius 1 is 0.591 bits per heavy atom. The molecule has 0 bridgehead atoms. The molecule has 7 heteroatoms. The topological polar surface area (TPSA) is 83.2 Å². The quantitative estimate of drug-likeness (QED) is 0.0688. The zero-order valence-corrected chi connectivity index (χ0v) is 30.3. The normalized spacial score (nSPS) is 22.2. The highest BCUT2D eigenvalue weighted by Gasteiger charge is 2.46. The van der Waals surface area contributed by atoms with Crippen molar-refractivity contribution in [2.75, 3.05) is 38.4 Å². The summed E-state index contributed by atoms with van der Waals surface area (Å²) in [5, 5.41) is 11.3. The Bertz CT molecular complexity index is 586. The Hall–Kier alpha value is 0.110. The maximum atomic E-state index is 11.3. The lowest BCUT2D eigenvalue weighted by Crippen LogP contribution is -2.60. The molecule has 44 heavy (non-hydrogen) atoms. The van der Waals surface area contributed by atoms with Gasteiger partial charge in [0.1, 0.15) is 18.3 Å². The number of aliphatic hydroxyl groups is 1. The highest BCUT2D eigenvalue weighted by molar-refractivity contribution is 7.99. The lowest BCUT2D eigenvalue weighted by Gasteiger charge is -2.43. The first kappa shape index (κ1) is 42.1. The van der Waals surface area contributed by atoms with Crippen molar-refractivity contribution in [2.24, 2.45) is 5.73 Å². The smallest absolute Gasteiger partial charge is 0.186 e. The van der Waals surface area contributed by atoms with Gasteiger partial charge in [-0.15, -0.1) is 0 Å². The lowest BCUT2D eigenvalue weighted by molar-refractivity contribution is -0.302. The van der Waals surface area contributed by atoms with Gasteiger partial charge in [-0.05, 0) is 12.8 Å². The fourth-order valence-electron chi connectivity index (χ4n) is 6.19. The third-order valence-electron chi connectivity index (χ3n) is 9.01. The van der Waals surface area contributed by atoms with E-state index in [2.05, 4.69) is 13.8 Å². The van der Waals surface area contributed by atoms with Gasteiger partial charge in [0.2, 0.25) is 0 Å². The molecule has 1 fully saturated rings.